The van der Waals surface area contributed by atoms with E-state index in [2.05, 4.69) is 0 Å². The molecule has 0 N–H and O–H groups in total. The molecule has 0 bridgehead atoms. The fourth-order valence-electron chi connectivity index (χ4n) is 0.638. The lowest BCUT2D eigenvalue weighted by Crippen LogP contribution is -1.99. The number of halogens is 1. The van der Waals surface area contributed by atoms with Gasteiger partial charge in [-0.1, -0.05) is 12.2 Å². The topological polar surface area (TPSA) is 0 Å². The van der Waals surface area contributed by atoms with Crippen LogP contribution in [-0.4, -0.2) is 14.0 Å². The maximum absolute atomic E-state index is 12.1. The van der Waals surface area contributed by atoms with Crippen LogP contribution in [0.15, 0.2) is 12.2 Å². The van der Waals surface area contributed by atoms with Crippen molar-refractivity contribution in [2.75, 3.05) is 0 Å². The Morgan fingerprint density at radius 1 is 1.71 bits per heavy atom. The van der Waals surface area contributed by atoms with Crippen LogP contribution in [0.4, 0.5) is 4.39 Å². The Hall–Kier alpha value is -0.265. The Bertz CT molecular complexity index is 90.1. The second kappa shape index (κ2) is 1.69. The van der Waals surface area contributed by atoms with Gasteiger partial charge >= 0.3 is 0 Å². The average Bonchev–Trinajstić information content (AvgIpc) is 1.91. The van der Waals surface area contributed by atoms with Crippen molar-refractivity contribution < 1.29 is 4.39 Å². The summed E-state index contributed by atoms with van der Waals surface area (Å²) in [4.78, 5) is 0. The zero-order valence-corrected chi connectivity index (χ0v) is 3.97. The quantitative estimate of drug-likeness (QED) is 0.314. The molecule has 0 aromatic carbocycles. The van der Waals surface area contributed by atoms with E-state index < -0.39 is 6.17 Å². The predicted molar refractivity (Wildman–Crippen MR) is 28.2 cm³/mol. The van der Waals surface area contributed by atoms with Crippen molar-refractivity contribution in [3.05, 3.63) is 12.2 Å². The molecule has 36 valence electrons. The first-order chi connectivity index (χ1) is 3.30. The highest BCUT2D eigenvalue weighted by Gasteiger charge is 2.15. The fourth-order valence-corrected chi connectivity index (χ4v) is 0.638. The Kier molecular flexibility index (Phi) is 1.18. The molecular weight excluding hydrogens is 89.9 g/mol. The molecule has 7 heavy (non-hydrogen) atoms. The lowest BCUT2D eigenvalue weighted by Gasteiger charge is -2.01. The number of alkyl halides is 1. The zero-order valence-electron chi connectivity index (χ0n) is 3.97. The average molecular weight is 95.9 g/mol. The zero-order chi connectivity index (χ0) is 5.28. The minimum atomic E-state index is -0.889. The number of allylic oxidation sites excluding steroid dienone is 2. The van der Waals surface area contributed by atoms with Crippen LogP contribution in [0.5, 0.6) is 0 Å². The van der Waals surface area contributed by atoms with Crippen LogP contribution < -0.4 is 0 Å². The van der Waals surface area contributed by atoms with Gasteiger partial charge in [-0.15, -0.1) is 0 Å². The highest BCUT2D eigenvalue weighted by Crippen LogP contribution is 2.22. The smallest absolute Gasteiger partial charge is 0.114 e. The first-order valence-corrected chi connectivity index (χ1v) is 2.37. The number of hydrogen-bond donors (Lipinski definition) is 0. The molecule has 0 heterocycles. The fraction of sp³-hybridized carbons (Fsp3) is 0.600. The Morgan fingerprint density at radius 3 is 2.57 bits per heavy atom. The molecule has 1 rings (SSSR count). The van der Waals surface area contributed by atoms with E-state index in [0.717, 1.165) is 0 Å². The van der Waals surface area contributed by atoms with Gasteiger partial charge in [-0.05, 0) is 12.2 Å². The monoisotopic (exact) mass is 96.1 g/mol. The number of hydrogen-bond acceptors (Lipinski definition) is 0. The summed E-state index contributed by atoms with van der Waals surface area (Å²) < 4.78 is 12.1. The Morgan fingerprint density at radius 2 is 2.43 bits per heavy atom. The van der Waals surface area contributed by atoms with Crippen molar-refractivity contribution in [2.45, 2.75) is 18.4 Å². The minimum Gasteiger partial charge on any atom is -0.243 e. The highest BCUT2D eigenvalue weighted by atomic mass is 19.1. The molecule has 0 saturated carbocycles. The highest BCUT2D eigenvalue weighted by molar-refractivity contribution is 6.12. The molecule has 0 aromatic rings. The van der Waals surface area contributed by atoms with Crippen molar-refractivity contribution in [3.63, 3.8) is 0 Å². The molecule has 2 heteroatoms. The van der Waals surface area contributed by atoms with Crippen molar-refractivity contribution in [1.82, 2.24) is 0 Å². The largest absolute Gasteiger partial charge is 0.243 e. The first-order valence-electron chi connectivity index (χ1n) is 2.37. The number of rotatable bonds is 0. The van der Waals surface area contributed by atoms with Crippen molar-refractivity contribution >= 4 is 7.85 Å². The van der Waals surface area contributed by atoms with Crippen LogP contribution >= 0.6 is 0 Å². The third-order valence-electron chi connectivity index (χ3n) is 1.14. The third-order valence-corrected chi connectivity index (χ3v) is 1.14. The summed E-state index contributed by atoms with van der Waals surface area (Å²) in [7, 11) is 5.24. The summed E-state index contributed by atoms with van der Waals surface area (Å²) in [6.45, 7) is 0. The summed E-state index contributed by atoms with van der Waals surface area (Å²) >= 11 is 0. The molecular formula is C5H6BF. The van der Waals surface area contributed by atoms with E-state index in [-0.39, 0.29) is 5.82 Å². The summed E-state index contributed by atoms with van der Waals surface area (Å²) in [5.41, 5.74) is 0. The van der Waals surface area contributed by atoms with Gasteiger partial charge in [-0.25, -0.2) is 4.39 Å². The van der Waals surface area contributed by atoms with Gasteiger partial charge in [0.1, 0.15) is 6.17 Å². The maximum atomic E-state index is 12.1. The van der Waals surface area contributed by atoms with Crippen molar-refractivity contribution in [3.8, 4) is 0 Å². The maximum Gasteiger partial charge on any atom is 0.114 e. The second-order valence-corrected chi connectivity index (χ2v) is 1.77. The lowest BCUT2D eigenvalue weighted by atomic mass is 9.84. The van der Waals surface area contributed by atoms with Gasteiger partial charge in [-0.2, -0.15) is 0 Å². The van der Waals surface area contributed by atoms with E-state index >= 15 is 0 Å². The molecule has 0 aliphatic heterocycles. The standard InChI is InChI=1S/C5H6BF/c6-4-2-1-3-5(4)7/h1,3-5H,2H2. The molecule has 1 aliphatic rings. The second-order valence-electron chi connectivity index (χ2n) is 1.77. The van der Waals surface area contributed by atoms with E-state index in [1.807, 2.05) is 0 Å². The van der Waals surface area contributed by atoms with Crippen LogP contribution in [0.25, 0.3) is 0 Å². The van der Waals surface area contributed by atoms with Crippen LogP contribution in [0.3, 0.4) is 0 Å². The van der Waals surface area contributed by atoms with Crippen LogP contribution in [-0.2, 0) is 0 Å². The summed E-state index contributed by atoms with van der Waals surface area (Å²) in [5.74, 6) is -0.264. The third kappa shape index (κ3) is 0.844. The van der Waals surface area contributed by atoms with Gasteiger partial charge in [0.25, 0.3) is 0 Å². The molecule has 0 spiro atoms. The van der Waals surface area contributed by atoms with Gasteiger partial charge in [0, 0.05) is 0 Å². The van der Waals surface area contributed by atoms with Gasteiger partial charge in [0.05, 0.1) is 7.85 Å². The SMILES string of the molecule is [B]C1CC=CC1F. The predicted octanol–water partition coefficient (Wildman–Crippen LogP) is 1.24. The molecule has 0 nitrogen and oxygen atoms in total. The normalized spacial score (nSPS) is 39.6. The molecule has 2 unspecified atom stereocenters. The molecule has 0 aromatic heterocycles. The van der Waals surface area contributed by atoms with E-state index in [0.29, 0.717) is 6.42 Å². The van der Waals surface area contributed by atoms with Crippen molar-refractivity contribution in [1.29, 1.82) is 0 Å². The molecule has 2 atom stereocenters. The minimum absolute atomic E-state index is 0.264. The van der Waals surface area contributed by atoms with Crippen LogP contribution in [0.1, 0.15) is 6.42 Å². The molecule has 0 fully saturated rings. The van der Waals surface area contributed by atoms with Gasteiger partial charge in [-0.3, -0.25) is 0 Å². The molecule has 2 radical (unpaired) electrons. The van der Waals surface area contributed by atoms with E-state index in [1.54, 1.807) is 6.08 Å². The van der Waals surface area contributed by atoms with Crippen LogP contribution in [0.2, 0.25) is 5.82 Å². The van der Waals surface area contributed by atoms with Crippen LogP contribution in [0, 0.1) is 0 Å². The molecule has 1 aliphatic carbocycles. The summed E-state index contributed by atoms with van der Waals surface area (Å²) in [5, 5.41) is 0. The molecule has 0 saturated heterocycles. The van der Waals surface area contributed by atoms with E-state index in [4.69, 9.17) is 7.85 Å². The lowest BCUT2D eigenvalue weighted by molar-refractivity contribution is 0.396. The van der Waals surface area contributed by atoms with E-state index in [1.165, 1.54) is 6.08 Å². The Balaban J connectivity index is 2.45. The molecule has 0 amide bonds. The Labute approximate surface area is 43.8 Å². The van der Waals surface area contributed by atoms with Gasteiger partial charge in [0.15, 0.2) is 0 Å². The summed E-state index contributed by atoms with van der Waals surface area (Å²) in [6, 6.07) is 0. The first kappa shape index (κ1) is 4.88. The summed E-state index contributed by atoms with van der Waals surface area (Å²) in [6.07, 6.45) is 3.08. The van der Waals surface area contributed by atoms with E-state index in [9.17, 15) is 4.39 Å². The van der Waals surface area contributed by atoms with Gasteiger partial charge < -0.3 is 0 Å². The van der Waals surface area contributed by atoms with Gasteiger partial charge in [0.2, 0.25) is 0 Å². The van der Waals surface area contributed by atoms with Crippen molar-refractivity contribution in [2.24, 2.45) is 0 Å².